The maximum absolute atomic E-state index is 6.25. The number of alkyl halides is 1. The van der Waals surface area contributed by atoms with Crippen molar-refractivity contribution in [2.45, 2.75) is 39.0 Å². The summed E-state index contributed by atoms with van der Waals surface area (Å²) in [5.41, 5.74) is 3.54. The third-order valence-corrected chi connectivity index (χ3v) is 3.27. The van der Waals surface area contributed by atoms with Crippen molar-refractivity contribution in [3.8, 4) is 0 Å². The van der Waals surface area contributed by atoms with Gasteiger partial charge in [-0.3, -0.25) is 0 Å². The van der Waals surface area contributed by atoms with Crippen molar-refractivity contribution in [2.24, 2.45) is 0 Å². The third kappa shape index (κ3) is 2.65. The summed E-state index contributed by atoms with van der Waals surface area (Å²) in [6.07, 6.45) is 2.06. The van der Waals surface area contributed by atoms with E-state index in [4.69, 9.17) is 23.2 Å². The molecule has 0 aromatic heterocycles. The SMILES string of the molecule is CCCC(Cl)c1cc(C)c(C)cc1Cl. The minimum absolute atomic E-state index is 0.0480. The Balaban J connectivity index is 3.02. The normalized spacial score (nSPS) is 12.9. The van der Waals surface area contributed by atoms with E-state index in [-0.39, 0.29) is 5.38 Å². The Bertz CT molecular complexity index is 318. The molecule has 0 fully saturated rings. The predicted molar refractivity (Wildman–Crippen MR) is 64.4 cm³/mol. The van der Waals surface area contributed by atoms with Crippen LogP contribution in [0.4, 0.5) is 0 Å². The lowest BCUT2D eigenvalue weighted by Crippen LogP contribution is -1.94. The van der Waals surface area contributed by atoms with Gasteiger partial charge in [0.1, 0.15) is 0 Å². The number of aryl methyl sites for hydroxylation is 2. The monoisotopic (exact) mass is 230 g/mol. The minimum atomic E-state index is 0.0480. The van der Waals surface area contributed by atoms with E-state index in [9.17, 15) is 0 Å². The molecular formula is C12H16Cl2. The van der Waals surface area contributed by atoms with E-state index in [1.165, 1.54) is 11.1 Å². The molecule has 0 radical (unpaired) electrons. The molecule has 0 amide bonds. The van der Waals surface area contributed by atoms with Gasteiger partial charge in [-0.05, 0) is 43.0 Å². The van der Waals surface area contributed by atoms with Gasteiger partial charge < -0.3 is 0 Å². The number of hydrogen-bond acceptors (Lipinski definition) is 0. The van der Waals surface area contributed by atoms with Gasteiger partial charge in [0.2, 0.25) is 0 Å². The Morgan fingerprint density at radius 3 is 2.36 bits per heavy atom. The van der Waals surface area contributed by atoms with Crippen LogP contribution in [0.25, 0.3) is 0 Å². The summed E-state index contributed by atoms with van der Waals surface area (Å²) in [6.45, 7) is 6.28. The molecule has 0 N–H and O–H groups in total. The van der Waals surface area contributed by atoms with Gasteiger partial charge in [-0.25, -0.2) is 0 Å². The van der Waals surface area contributed by atoms with Crippen molar-refractivity contribution < 1.29 is 0 Å². The highest BCUT2D eigenvalue weighted by Crippen LogP contribution is 2.33. The van der Waals surface area contributed by atoms with Crippen molar-refractivity contribution in [1.29, 1.82) is 0 Å². The molecule has 0 aliphatic heterocycles. The van der Waals surface area contributed by atoms with Crippen LogP contribution in [-0.4, -0.2) is 0 Å². The van der Waals surface area contributed by atoms with Gasteiger partial charge in [-0.2, -0.15) is 0 Å². The quantitative estimate of drug-likeness (QED) is 0.639. The summed E-state index contributed by atoms with van der Waals surface area (Å²) in [6, 6.07) is 4.10. The second-order valence-corrected chi connectivity index (χ2v) is 4.65. The summed E-state index contributed by atoms with van der Waals surface area (Å²) in [4.78, 5) is 0. The molecule has 0 bridgehead atoms. The molecule has 1 aromatic rings. The van der Waals surface area contributed by atoms with Crippen LogP contribution < -0.4 is 0 Å². The van der Waals surface area contributed by atoms with Crippen LogP contribution in [0.1, 0.15) is 41.8 Å². The van der Waals surface area contributed by atoms with Crippen LogP contribution in [0.3, 0.4) is 0 Å². The van der Waals surface area contributed by atoms with E-state index in [2.05, 4.69) is 26.8 Å². The van der Waals surface area contributed by atoms with Crippen molar-refractivity contribution in [2.75, 3.05) is 0 Å². The highest BCUT2D eigenvalue weighted by atomic mass is 35.5. The number of benzene rings is 1. The lowest BCUT2D eigenvalue weighted by molar-refractivity contribution is 0.769. The minimum Gasteiger partial charge on any atom is -0.118 e. The molecule has 1 aromatic carbocycles. The van der Waals surface area contributed by atoms with Gasteiger partial charge in [-0.15, -0.1) is 11.6 Å². The Morgan fingerprint density at radius 1 is 1.21 bits per heavy atom. The number of halogens is 2. The summed E-state index contributed by atoms with van der Waals surface area (Å²) >= 11 is 12.4. The van der Waals surface area contributed by atoms with E-state index in [0.717, 1.165) is 23.4 Å². The van der Waals surface area contributed by atoms with Gasteiger partial charge in [0.05, 0.1) is 5.38 Å². The van der Waals surface area contributed by atoms with Gasteiger partial charge in [0, 0.05) is 5.02 Å². The van der Waals surface area contributed by atoms with Crippen LogP contribution in [0, 0.1) is 13.8 Å². The Hall–Kier alpha value is -0.200. The van der Waals surface area contributed by atoms with E-state index in [1.54, 1.807) is 0 Å². The van der Waals surface area contributed by atoms with Gasteiger partial charge >= 0.3 is 0 Å². The molecule has 1 rings (SSSR count). The summed E-state index contributed by atoms with van der Waals surface area (Å²) in [7, 11) is 0. The zero-order valence-electron chi connectivity index (χ0n) is 8.90. The molecule has 1 atom stereocenters. The van der Waals surface area contributed by atoms with Crippen molar-refractivity contribution in [1.82, 2.24) is 0 Å². The molecule has 0 heterocycles. The van der Waals surface area contributed by atoms with Crippen LogP contribution in [0.15, 0.2) is 12.1 Å². The summed E-state index contributed by atoms with van der Waals surface area (Å²) in [5.74, 6) is 0. The molecule has 0 spiro atoms. The van der Waals surface area contributed by atoms with Gasteiger partial charge in [-0.1, -0.05) is 31.0 Å². The van der Waals surface area contributed by atoms with E-state index in [0.29, 0.717) is 0 Å². The van der Waals surface area contributed by atoms with Crippen LogP contribution in [0.5, 0.6) is 0 Å². The van der Waals surface area contributed by atoms with Crippen molar-refractivity contribution >= 4 is 23.2 Å². The van der Waals surface area contributed by atoms with E-state index < -0.39 is 0 Å². The van der Waals surface area contributed by atoms with Gasteiger partial charge in [0.15, 0.2) is 0 Å². The maximum Gasteiger partial charge on any atom is 0.0599 e. The molecule has 0 saturated carbocycles. The molecule has 2 heteroatoms. The zero-order valence-corrected chi connectivity index (χ0v) is 10.4. The third-order valence-electron chi connectivity index (χ3n) is 2.49. The van der Waals surface area contributed by atoms with Crippen LogP contribution in [0.2, 0.25) is 5.02 Å². The second kappa shape index (κ2) is 5.04. The Kier molecular flexibility index (Phi) is 4.28. The molecule has 0 nitrogen and oxygen atoms in total. The smallest absolute Gasteiger partial charge is 0.0599 e. The Morgan fingerprint density at radius 2 is 1.79 bits per heavy atom. The molecular weight excluding hydrogens is 215 g/mol. The standard InChI is InChI=1S/C12H16Cl2/c1-4-5-11(13)10-6-8(2)9(3)7-12(10)14/h6-7,11H,4-5H2,1-3H3. The summed E-state index contributed by atoms with van der Waals surface area (Å²) in [5, 5.41) is 0.841. The largest absolute Gasteiger partial charge is 0.118 e. The number of hydrogen-bond donors (Lipinski definition) is 0. The highest BCUT2D eigenvalue weighted by molar-refractivity contribution is 6.32. The predicted octanol–water partition coefficient (Wildman–Crippen LogP) is 5.04. The van der Waals surface area contributed by atoms with E-state index in [1.807, 2.05) is 6.07 Å². The molecule has 1 unspecified atom stereocenters. The second-order valence-electron chi connectivity index (χ2n) is 3.71. The van der Waals surface area contributed by atoms with Gasteiger partial charge in [0.25, 0.3) is 0 Å². The molecule has 78 valence electrons. The molecule has 14 heavy (non-hydrogen) atoms. The fourth-order valence-corrected chi connectivity index (χ4v) is 2.26. The zero-order chi connectivity index (χ0) is 10.7. The topological polar surface area (TPSA) is 0 Å². The summed E-state index contributed by atoms with van der Waals surface area (Å²) < 4.78 is 0. The first-order valence-corrected chi connectivity index (χ1v) is 5.78. The van der Waals surface area contributed by atoms with Crippen LogP contribution >= 0.6 is 23.2 Å². The van der Waals surface area contributed by atoms with E-state index >= 15 is 0 Å². The molecule has 0 aliphatic carbocycles. The van der Waals surface area contributed by atoms with Crippen molar-refractivity contribution in [3.05, 3.63) is 33.8 Å². The first kappa shape index (κ1) is 11.9. The fraction of sp³-hybridized carbons (Fsp3) is 0.500. The number of rotatable bonds is 3. The lowest BCUT2D eigenvalue weighted by Gasteiger charge is -2.13. The van der Waals surface area contributed by atoms with Crippen LogP contribution in [-0.2, 0) is 0 Å². The first-order valence-electron chi connectivity index (χ1n) is 4.97. The molecule has 0 saturated heterocycles. The highest BCUT2D eigenvalue weighted by Gasteiger charge is 2.11. The molecule has 0 aliphatic rings. The first-order chi connectivity index (χ1) is 6.56. The average Bonchev–Trinajstić information content (AvgIpc) is 2.11. The fourth-order valence-electron chi connectivity index (χ4n) is 1.45. The Labute approximate surface area is 96.2 Å². The van der Waals surface area contributed by atoms with Crippen molar-refractivity contribution in [3.63, 3.8) is 0 Å². The lowest BCUT2D eigenvalue weighted by atomic mass is 10.0. The average molecular weight is 231 g/mol. The maximum atomic E-state index is 6.25.